The van der Waals surface area contributed by atoms with Gasteiger partial charge in [0.2, 0.25) is 0 Å². The first kappa shape index (κ1) is 22.9. The molecule has 0 saturated carbocycles. The first-order valence-electron chi connectivity index (χ1n) is 9.30. The van der Waals surface area contributed by atoms with Crippen molar-refractivity contribution in [2.24, 2.45) is 3.21 Å². The van der Waals surface area contributed by atoms with Gasteiger partial charge in [-0.3, -0.25) is 0 Å². The summed E-state index contributed by atoms with van der Waals surface area (Å²) in [5.74, 6) is 0. The first-order chi connectivity index (χ1) is 10.7. The predicted molar refractivity (Wildman–Crippen MR) is 99.6 cm³/mol. The van der Waals surface area contributed by atoms with Gasteiger partial charge in [0.25, 0.3) is 0 Å². The molecule has 0 bridgehead atoms. The van der Waals surface area contributed by atoms with Crippen LogP contribution in [0.2, 0.25) is 17.7 Å². The Hall–Kier alpha value is 0.937. The summed E-state index contributed by atoms with van der Waals surface area (Å²) >= 11 is -4.89. The van der Waals surface area contributed by atoms with Crippen molar-refractivity contribution < 1.29 is 6.21 Å². The summed E-state index contributed by atoms with van der Waals surface area (Å²) in [6.07, 6.45) is 11.7. The van der Waals surface area contributed by atoms with E-state index in [0.717, 1.165) is 8.87 Å². The average Bonchev–Trinajstić information content (AvgIpc) is 2.53. The van der Waals surface area contributed by atoms with Crippen LogP contribution in [0.15, 0.2) is 3.21 Å². The van der Waals surface area contributed by atoms with Crippen molar-refractivity contribution >= 4 is 45.3 Å². The molecule has 0 saturated heterocycles. The van der Waals surface area contributed by atoms with Gasteiger partial charge in [0.15, 0.2) is 0 Å². The molecule has 5 heteroatoms. The molecule has 0 heterocycles. The minimum atomic E-state index is -3.07. The minimum absolute atomic E-state index is 1.10. The van der Waals surface area contributed by atoms with Crippen LogP contribution in [0.5, 0.6) is 0 Å². The van der Waals surface area contributed by atoms with E-state index >= 15 is 0 Å². The maximum absolute atomic E-state index is 11.1. The molecular formula is C17H36NO2Sn2. The quantitative estimate of drug-likeness (QED) is 0.151. The zero-order valence-corrected chi connectivity index (χ0v) is 21.0. The fourth-order valence-corrected chi connectivity index (χ4v) is 36.4. The van der Waals surface area contributed by atoms with Gasteiger partial charge in [0.1, 0.15) is 0 Å². The van der Waals surface area contributed by atoms with Crippen LogP contribution in [-0.2, 0) is 6.21 Å². The van der Waals surface area contributed by atoms with Crippen LogP contribution in [0.4, 0.5) is 0 Å². The summed E-state index contributed by atoms with van der Waals surface area (Å²) in [7, 11) is 0. The average molecular weight is 524 g/mol. The van der Waals surface area contributed by atoms with Crippen LogP contribution >= 0.6 is 0 Å². The van der Waals surface area contributed by atoms with Gasteiger partial charge in [-0.2, -0.15) is 0 Å². The molecule has 0 aliphatic heterocycles. The second kappa shape index (κ2) is 15.5. The van der Waals surface area contributed by atoms with Gasteiger partial charge in [-0.05, 0) is 0 Å². The molecule has 0 atom stereocenters. The Labute approximate surface area is 150 Å². The standard InChI is InChI=1S/4C4H9.CNO.O.2Sn/c4*1-3-4-2;2-1-3;;;/h4*1,3-4H2,2H3;;;;/q;;;;-1;;;+1. The zero-order chi connectivity index (χ0) is 16.7. The topological polar surface area (TPSA) is 38.7 Å². The van der Waals surface area contributed by atoms with Crippen molar-refractivity contribution in [2.45, 2.75) is 96.8 Å². The number of nitrogens with zero attached hydrogens (tertiary/aromatic N) is 1. The summed E-state index contributed by atoms with van der Waals surface area (Å²) < 4.78 is 16.1. The van der Waals surface area contributed by atoms with E-state index in [9.17, 15) is 4.79 Å². The molecule has 0 amide bonds. The van der Waals surface area contributed by atoms with E-state index < -0.39 is 39.2 Å². The van der Waals surface area contributed by atoms with E-state index in [1.54, 1.807) is 0 Å². The SMILES string of the molecule is CCC[CH2][Sn]([CH2]CCC)[O][Sn]([CH2]CCC)([CH2]CCC)[N]=C=O. The molecule has 0 spiro atoms. The van der Waals surface area contributed by atoms with E-state index in [-0.39, 0.29) is 0 Å². The van der Waals surface area contributed by atoms with Crippen LogP contribution in [-0.4, -0.2) is 45.3 Å². The summed E-state index contributed by atoms with van der Waals surface area (Å²) in [6.45, 7) is 8.95. The van der Waals surface area contributed by atoms with Gasteiger partial charge in [0.05, 0.1) is 0 Å². The summed E-state index contributed by atoms with van der Waals surface area (Å²) in [5, 5.41) is 0. The Bertz CT molecular complexity index is 291. The van der Waals surface area contributed by atoms with Crippen molar-refractivity contribution in [1.82, 2.24) is 0 Å². The Morgan fingerprint density at radius 1 is 0.864 bits per heavy atom. The van der Waals surface area contributed by atoms with Crippen LogP contribution in [0, 0.1) is 0 Å². The molecule has 0 aliphatic rings. The Kier molecular flexibility index (Phi) is 16.1. The van der Waals surface area contributed by atoms with E-state index in [1.165, 1.54) is 60.2 Å². The van der Waals surface area contributed by atoms with Gasteiger partial charge in [-0.1, -0.05) is 0 Å². The summed E-state index contributed by atoms with van der Waals surface area (Å²) in [4.78, 5) is 11.1. The van der Waals surface area contributed by atoms with Gasteiger partial charge in [-0.25, -0.2) is 0 Å². The molecule has 0 aliphatic carbocycles. The molecule has 0 fully saturated rings. The predicted octanol–water partition coefficient (Wildman–Crippen LogP) is 5.97. The van der Waals surface area contributed by atoms with E-state index in [0.29, 0.717) is 0 Å². The fourth-order valence-electron chi connectivity index (χ4n) is 2.59. The number of unbranched alkanes of at least 4 members (excludes halogenated alkanes) is 4. The van der Waals surface area contributed by atoms with Gasteiger partial charge in [0, 0.05) is 0 Å². The maximum atomic E-state index is 11.1. The van der Waals surface area contributed by atoms with Crippen LogP contribution in [0.1, 0.15) is 79.1 Å². The van der Waals surface area contributed by atoms with Crippen molar-refractivity contribution in [2.75, 3.05) is 0 Å². The van der Waals surface area contributed by atoms with Crippen LogP contribution in [0.3, 0.4) is 0 Å². The zero-order valence-electron chi connectivity index (χ0n) is 15.2. The molecular weight excluding hydrogens is 488 g/mol. The Morgan fingerprint density at radius 2 is 1.32 bits per heavy atom. The molecule has 129 valence electrons. The second-order valence-electron chi connectivity index (χ2n) is 6.20. The third-order valence-electron chi connectivity index (χ3n) is 4.04. The van der Waals surface area contributed by atoms with E-state index in [4.69, 9.17) is 1.41 Å². The third kappa shape index (κ3) is 10.7. The Morgan fingerprint density at radius 3 is 1.68 bits per heavy atom. The second-order valence-corrected chi connectivity index (χ2v) is 25.5. The number of hydrogen-bond donors (Lipinski definition) is 0. The van der Waals surface area contributed by atoms with E-state index in [2.05, 4.69) is 30.9 Å². The van der Waals surface area contributed by atoms with Gasteiger partial charge < -0.3 is 0 Å². The summed E-state index contributed by atoms with van der Waals surface area (Å²) in [6, 6.07) is 0. The van der Waals surface area contributed by atoms with Crippen LogP contribution in [0.25, 0.3) is 0 Å². The summed E-state index contributed by atoms with van der Waals surface area (Å²) in [5.41, 5.74) is 0. The first-order valence-corrected chi connectivity index (χ1v) is 21.0. The molecule has 1 radical (unpaired) electrons. The van der Waals surface area contributed by atoms with Crippen LogP contribution < -0.4 is 0 Å². The molecule has 0 aromatic rings. The number of hydrogen-bond acceptors (Lipinski definition) is 3. The van der Waals surface area contributed by atoms with Crippen molar-refractivity contribution in [3.63, 3.8) is 0 Å². The fraction of sp³-hybridized carbons (Fsp3) is 0.941. The van der Waals surface area contributed by atoms with E-state index in [1.807, 2.05) is 6.08 Å². The number of rotatable bonds is 15. The third-order valence-corrected chi connectivity index (χ3v) is 31.9. The molecule has 0 N–H and O–H groups in total. The molecule has 3 nitrogen and oxygen atoms in total. The van der Waals surface area contributed by atoms with Crippen molar-refractivity contribution in [3.05, 3.63) is 0 Å². The molecule has 0 aromatic heterocycles. The normalized spacial score (nSPS) is 11.7. The van der Waals surface area contributed by atoms with Gasteiger partial charge >= 0.3 is 152 Å². The molecule has 0 rings (SSSR count). The van der Waals surface area contributed by atoms with Crippen molar-refractivity contribution in [1.29, 1.82) is 0 Å². The monoisotopic (exact) mass is 526 g/mol. The molecule has 22 heavy (non-hydrogen) atoms. The number of carbonyl (C=O) groups excluding carboxylic acids is 1. The Balaban J connectivity index is 4.99. The number of isocyanates is 1. The molecule has 0 aromatic carbocycles. The molecule has 0 unspecified atom stereocenters. The van der Waals surface area contributed by atoms with Crippen molar-refractivity contribution in [3.8, 4) is 0 Å². The van der Waals surface area contributed by atoms with Gasteiger partial charge in [-0.15, -0.1) is 0 Å².